The first-order valence-electron chi connectivity index (χ1n) is 25.6. The number of hydrogen-bond donors (Lipinski definition) is 5. The van der Waals surface area contributed by atoms with Crippen LogP contribution in [0.3, 0.4) is 0 Å². The molecule has 6 N–H and O–H groups in total. The molecule has 5 aliphatic heterocycles. The molecule has 0 saturated carbocycles. The van der Waals surface area contributed by atoms with E-state index in [2.05, 4.69) is 25.9 Å². The molecule has 16 nitrogen and oxygen atoms in total. The van der Waals surface area contributed by atoms with Crippen LogP contribution in [-0.2, 0) is 22.2 Å². The third-order valence-corrected chi connectivity index (χ3v) is 16.4. The summed E-state index contributed by atoms with van der Waals surface area (Å²) in [6.45, 7) is 5.46. The molecule has 4 unspecified atom stereocenters. The molecule has 4 atom stereocenters. The minimum Gasteiger partial charge on any atom is -0.488 e. The van der Waals surface area contributed by atoms with Gasteiger partial charge >= 0.3 is 6.03 Å². The Morgan fingerprint density at radius 3 is 2.36 bits per heavy atom. The second-order valence-corrected chi connectivity index (χ2v) is 20.8. The molecular formula is C54H60ClF4N9O7. The summed E-state index contributed by atoms with van der Waals surface area (Å²) in [5.41, 5.74) is 5.21. The van der Waals surface area contributed by atoms with E-state index in [9.17, 15) is 24.3 Å². The summed E-state index contributed by atoms with van der Waals surface area (Å²) in [5, 5.41) is 22.8. The van der Waals surface area contributed by atoms with E-state index in [1.165, 1.54) is 33.8 Å². The summed E-state index contributed by atoms with van der Waals surface area (Å²) < 4.78 is 77.9. The minimum absolute atomic E-state index is 0.0316. The molecule has 75 heavy (non-hydrogen) atoms. The number of halogens is 5. The fraction of sp³-hybridized carbons (Fsp3) is 0.463. The molecule has 1 aromatic heterocycles. The summed E-state index contributed by atoms with van der Waals surface area (Å²) in [7, 11) is 1.55. The Morgan fingerprint density at radius 1 is 0.933 bits per heavy atom. The number of amides is 5. The predicted molar refractivity (Wildman–Crippen MR) is 272 cm³/mol. The first-order valence-corrected chi connectivity index (χ1v) is 26.0. The Morgan fingerprint density at radius 2 is 1.68 bits per heavy atom. The number of nitrogens with one attached hydrogen (secondary N) is 3. The first-order chi connectivity index (χ1) is 36.1. The first kappa shape index (κ1) is 52.1. The molecule has 5 amide bonds. The van der Waals surface area contributed by atoms with Crippen molar-refractivity contribution >= 4 is 52.1 Å². The third-order valence-electron chi connectivity index (χ3n) is 16.0. The number of carbonyl (C=O) groups is 4. The third kappa shape index (κ3) is 9.79. The lowest BCUT2D eigenvalue weighted by Crippen LogP contribution is -2.57. The number of hydrogen-bond acceptors (Lipinski definition) is 11. The van der Waals surface area contributed by atoms with Crippen molar-refractivity contribution in [2.75, 3.05) is 70.5 Å². The standard InChI is InChI=1S/C54H60ClF4N9O7/c1-29-42-40(25-37(57)46(55)45(42)44-34(50(60)71)9-11-39(47(44)58)74-23-22-69)75-54(29,32-6-4-3-5-7-32)28-62-33-8-10-38(61-26-33)52(72)67-19-12-30(13-20-67)27-66-17-14-31(15-18-66)43-36(56)24-35-49(48(43)59)65(2)64-51(35)68-21-16-41(70)63-53(68)73/h3-7,9,11,24-25,29-31,33,38,61-62,69H,8,10,12-23,26-28H2,1-2H3,(H2,60,71)(H,63,70,73). The number of imide groups is 1. The van der Waals surface area contributed by atoms with Crippen LogP contribution in [0.25, 0.3) is 22.0 Å². The average molecular weight is 1060 g/mol. The van der Waals surface area contributed by atoms with E-state index < -0.39 is 64.3 Å². The number of fused-ring (bicyclic) bond motifs is 2. The number of aliphatic hydroxyl groups excluding tert-OH is 1. The maximum Gasteiger partial charge on any atom is 0.329 e. The highest BCUT2D eigenvalue weighted by atomic mass is 35.5. The molecule has 5 aromatic rings. The Balaban J connectivity index is 0.739. The highest BCUT2D eigenvalue weighted by molar-refractivity contribution is 6.34. The molecule has 4 aromatic carbocycles. The van der Waals surface area contributed by atoms with Crippen LogP contribution < -0.4 is 36.1 Å². The Hall–Kier alpha value is -6.32. The van der Waals surface area contributed by atoms with Crippen LogP contribution >= 0.6 is 11.6 Å². The van der Waals surface area contributed by atoms with Crippen LogP contribution in [-0.4, -0.2) is 126 Å². The van der Waals surface area contributed by atoms with Gasteiger partial charge in [0.25, 0.3) is 0 Å². The zero-order valence-corrected chi connectivity index (χ0v) is 42.5. The number of aliphatic hydroxyl groups is 1. The molecule has 21 heteroatoms. The van der Waals surface area contributed by atoms with Crippen molar-refractivity contribution < 1.29 is 51.3 Å². The normalized spacial score (nSPS) is 22.9. The van der Waals surface area contributed by atoms with Crippen molar-refractivity contribution in [1.82, 2.24) is 35.5 Å². The van der Waals surface area contributed by atoms with Crippen LogP contribution in [0.4, 0.5) is 28.2 Å². The minimum atomic E-state index is -1.16. The Labute approximate surface area is 435 Å². The number of likely N-dealkylation sites (tertiary alicyclic amines) is 2. The lowest BCUT2D eigenvalue weighted by atomic mass is 9.77. The largest absolute Gasteiger partial charge is 0.488 e. The van der Waals surface area contributed by atoms with E-state index >= 15 is 17.6 Å². The zero-order chi connectivity index (χ0) is 52.9. The van der Waals surface area contributed by atoms with Crippen LogP contribution in [0.1, 0.15) is 90.8 Å². The van der Waals surface area contributed by atoms with Crippen LogP contribution in [0.15, 0.2) is 54.6 Å². The summed E-state index contributed by atoms with van der Waals surface area (Å²) in [6, 6.07) is 13.2. The second kappa shape index (κ2) is 21.4. The summed E-state index contributed by atoms with van der Waals surface area (Å²) >= 11 is 6.71. The van der Waals surface area contributed by atoms with E-state index in [1.807, 2.05) is 42.2 Å². The number of rotatable bonds is 14. The van der Waals surface area contributed by atoms with Gasteiger partial charge in [0.15, 0.2) is 28.8 Å². The van der Waals surface area contributed by atoms with Crippen molar-refractivity contribution in [3.8, 4) is 22.6 Å². The van der Waals surface area contributed by atoms with Gasteiger partial charge in [0.2, 0.25) is 17.7 Å². The van der Waals surface area contributed by atoms with Gasteiger partial charge in [-0.3, -0.25) is 29.3 Å². The number of urea groups is 1. The quantitative estimate of drug-likeness (QED) is 0.0754. The number of primary amides is 1. The summed E-state index contributed by atoms with van der Waals surface area (Å²) in [5.74, 6) is -5.18. The van der Waals surface area contributed by atoms with Gasteiger partial charge in [-0.05, 0) is 87.2 Å². The zero-order valence-electron chi connectivity index (χ0n) is 41.7. The monoisotopic (exact) mass is 1060 g/mol. The molecule has 4 fully saturated rings. The van der Waals surface area contributed by atoms with E-state index in [1.54, 1.807) is 7.05 Å². The summed E-state index contributed by atoms with van der Waals surface area (Å²) in [4.78, 5) is 56.5. The fourth-order valence-corrected chi connectivity index (χ4v) is 12.3. The fourth-order valence-electron chi connectivity index (χ4n) is 12.0. The lowest BCUT2D eigenvalue weighted by Gasteiger charge is -2.40. The Kier molecular flexibility index (Phi) is 14.9. The number of piperidine rings is 3. The number of ether oxygens (including phenoxy) is 2. The highest BCUT2D eigenvalue weighted by Crippen LogP contribution is 2.56. The molecule has 0 bridgehead atoms. The van der Waals surface area contributed by atoms with Crippen molar-refractivity contribution in [3.05, 3.63) is 105 Å². The number of carbonyl (C=O) groups excluding carboxylic acids is 4. The molecule has 5 aliphatic rings. The molecule has 0 spiro atoms. The smallest absolute Gasteiger partial charge is 0.329 e. The van der Waals surface area contributed by atoms with E-state index in [0.29, 0.717) is 69.9 Å². The Bertz CT molecular complexity index is 3030. The molecule has 4 saturated heterocycles. The van der Waals surface area contributed by atoms with Crippen LogP contribution in [0.2, 0.25) is 5.02 Å². The van der Waals surface area contributed by atoms with E-state index in [4.69, 9.17) is 26.8 Å². The molecule has 0 radical (unpaired) electrons. The van der Waals surface area contributed by atoms with Crippen molar-refractivity contribution in [3.63, 3.8) is 0 Å². The molecule has 398 valence electrons. The molecule has 6 heterocycles. The van der Waals surface area contributed by atoms with Crippen molar-refractivity contribution in [1.29, 1.82) is 0 Å². The maximum absolute atomic E-state index is 16.5. The SMILES string of the molecule is CC1c2c(cc(F)c(Cl)c2-c2c(C(N)=O)ccc(OCCO)c2F)OC1(CNC1CCC(C(=O)N2CCC(CN3CCC(c4c(F)cc5c(N6CCC(=O)NC6=O)nn(C)c5c4F)CC3)CC2)NC1)c1ccccc1. The topological polar surface area (TPSA) is 197 Å². The molecular weight excluding hydrogens is 998 g/mol. The van der Waals surface area contributed by atoms with Crippen LogP contribution in [0, 0.1) is 29.2 Å². The number of nitrogens with zero attached hydrogens (tertiary/aromatic N) is 5. The number of nitrogens with two attached hydrogens (primary N) is 1. The van der Waals surface area contributed by atoms with E-state index in [0.717, 1.165) is 24.9 Å². The molecule has 0 aliphatic carbocycles. The average Bonchev–Trinajstić information content (AvgIpc) is 3.88. The number of anilines is 1. The van der Waals surface area contributed by atoms with Gasteiger partial charge in [-0.25, -0.2) is 22.4 Å². The van der Waals surface area contributed by atoms with Crippen molar-refractivity contribution in [2.45, 2.75) is 81.4 Å². The lowest BCUT2D eigenvalue weighted by molar-refractivity contribution is -0.135. The van der Waals surface area contributed by atoms with Gasteiger partial charge in [0, 0.05) is 93.0 Å². The number of benzene rings is 4. The maximum atomic E-state index is 16.5. The number of aromatic nitrogens is 2. The van der Waals surface area contributed by atoms with Gasteiger partial charge in [-0.1, -0.05) is 48.9 Å². The van der Waals surface area contributed by atoms with E-state index in [-0.39, 0.29) is 100 Å². The van der Waals surface area contributed by atoms with Crippen LogP contribution in [0.5, 0.6) is 11.5 Å². The summed E-state index contributed by atoms with van der Waals surface area (Å²) in [6.07, 6.45) is 4.14. The van der Waals surface area contributed by atoms with Gasteiger partial charge in [-0.15, -0.1) is 0 Å². The number of aryl methyl sites for hydroxylation is 1. The predicted octanol–water partition coefficient (Wildman–Crippen LogP) is 6.59. The van der Waals surface area contributed by atoms with Crippen molar-refractivity contribution in [2.24, 2.45) is 18.7 Å². The van der Waals surface area contributed by atoms with Gasteiger partial charge < -0.3 is 40.7 Å². The van der Waals surface area contributed by atoms with Gasteiger partial charge in [0.05, 0.1) is 28.6 Å². The second-order valence-electron chi connectivity index (χ2n) is 20.4. The van der Waals surface area contributed by atoms with Gasteiger partial charge in [-0.2, -0.15) is 5.10 Å². The van der Waals surface area contributed by atoms with Gasteiger partial charge in [0.1, 0.15) is 29.5 Å². The highest BCUT2D eigenvalue weighted by Gasteiger charge is 2.50. The molecule has 10 rings (SSSR count).